The standard InChI is InChI=1S/C22H33F/c1-15-4-7-18(8-5-15)17(3)19-9-11-20(12-10-19)21-13-6-16(2)14-22(21)23/h6,13-15,17-20H,4-5,7-12H2,1-3H3. The van der Waals surface area contributed by atoms with Crippen LogP contribution in [0.2, 0.25) is 0 Å². The number of hydrogen-bond donors (Lipinski definition) is 0. The van der Waals surface area contributed by atoms with Gasteiger partial charge in [0, 0.05) is 0 Å². The molecule has 0 N–H and O–H groups in total. The molecule has 0 spiro atoms. The van der Waals surface area contributed by atoms with E-state index in [-0.39, 0.29) is 5.82 Å². The molecule has 1 aromatic rings. The molecule has 0 saturated heterocycles. The Kier molecular flexibility index (Phi) is 5.44. The van der Waals surface area contributed by atoms with E-state index in [9.17, 15) is 4.39 Å². The van der Waals surface area contributed by atoms with Gasteiger partial charge in [-0.1, -0.05) is 38.8 Å². The van der Waals surface area contributed by atoms with Gasteiger partial charge in [-0.25, -0.2) is 4.39 Å². The lowest BCUT2D eigenvalue weighted by atomic mass is 9.67. The van der Waals surface area contributed by atoms with Gasteiger partial charge in [0.25, 0.3) is 0 Å². The minimum atomic E-state index is 0.0165. The van der Waals surface area contributed by atoms with Crippen LogP contribution in [-0.2, 0) is 0 Å². The van der Waals surface area contributed by atoms with Crippen molar-refractivity contribution in [2.75, 3.05) is 0 Å². The molecule has 2 fully saturated rings. The lowest BCUT2D eigenvalue weighted by Crippen LogP contribution is -2.27. The highest BCUT2D eigenvalue weighted by Gasteiger charge is 2.32. The second kappa shape index (κ2) is 7.36. The Bertz CT molecular complexity index is 505. The fourth-order valence-corrected chi connectivity index (χ4v) is 5.12. The molecular weight excluding hydrogens is 283 g/mol. The molecule has 2 aliphatic rings. The Morgan fingerprint density at radius 2 is 1.48 bits per heavy atom. The highest BCUT2D eigenvalue weighted by molar-refractivity contribution is 5.26. The van der Waals surface area contributed by atoms with E-state index in [0.717, 1.165) is 34.8 Å². The highest BCUT2D eigenvalue weighted by Crippen LogP contribution is 2.44. The van der Waals surface area contributed by atoms with Crippen molar-refractivity contribution in [2.45, 2.75) is 78.1 Å². The van der Waals surface area contributed by atoms with Crippen molar-refractivity contribution in [3.63, 3.8) is 0 Å². The summed E-state index contributed by atoms with van der Waals surface area (Å²) >= 11 is 0. The summed E-state index contributed by atoms with van der Waals surface area (Å²) in [5.74, 6) is 4.10. The number of halogens is 1. The monoisotopic (exact) mass is 316 g/mol. The molecule has 0 aromatic heterocycles. The number of hydrogen-bond acceptors (Lipinski definition) is 0. The summed E-state index contributed by atoms with van der Waals surface area (Å²) in [5, 5.41) is 0. The fourth-order valence-electron chi connectivity index (χ4n) is 5.12. The normalized spacial score (nSPS) is 33.4. The number of rotatable bonds is 3. The Morgan fingerprint density at radius 1 is 0.913 bits per heavy atom. The van der Waals surface area contributed by atoms with Crippen molar-refractivity contribution in [3.8, 4) is 0 Å². The molecule has 2 aliphatic carbocycles. The van der Waals surface area contributed by atoms with Crippen LogP contribution in [0, 0.1) is 36.4 Å². The highest BCUT2D eigenvalue weighted by atomic mass is 19.1. The molecule has 128 valence electrons. The van der Waals surface area contributed by atoms with E-state index in [0.29, 0.717) is 5.92 Å². The maximum atomic E-state index is 14.2. The average Bonchev–Trinajstić information content (AvgIpc) is 2.55. The van der Waals surface area contributed by atoms with Crippen LogP contribution in [0.15, 0.2) is 18.2 Å². The molecule has 0 amide bonds. The van der Waals surface area contributed by atoms with Crippen molar-refractivity contribution in [2.24, 2.45) is 23.7 Å². The van der Waals surface area contributed by atoms with Crippen molar-refractivity contribution in [3.05, 3.63) is 35.1 Å². The van der Waals surface area contributed by atoms with Crippen LogP contribution in [0.4, 0.5) is 4.39 Å². The quantitative estimate of drug-likeness (QED) is 0.570. The molecule has 0 aliphatic heterocycles. The Hall–Kier alpha value is -0.850. The van der Waals surface area contributed by atoms with E-state index < -0.39 is 0 Å². The lowest BCUT2D eigenvalue weighted by molar-refractivity contribution is 0.137. The first-order chi connectivity index (χ1) is 11.0. The second-order valence-electron chi connectivity index (χ2n) is 8.52. The minimum absolute atomic E-state index is 0.0165. The van der Waals surface area contributed by atoms with Gasteiger partial charge in [-0.05, 0) is 92.2 Å². The zero-order valence-corrected chi connectivity index (χ0v) is 15.2. The van der Waals surface area contributed by atoms with Gasteiger partial charge in [0.15, 0.2) is 0 Å². The summed E-state index contributed by atoms with van der Waals surface area (Å²) in [5.41, 5.74) is 1.99. The van der Waals surface area contributed by atoms with Gasteiger partial charge in [0.2, 0.25) is 0 Å². The van der Waals surface area contributed by atoms with Gasteiger partial charge < -0.3 is 0 Å². The molecule has 1 unspecified atom stereocenters. The van der Waals surface area contributed by atoms with E-state index in [1.165, 1.54) is 51.4 Å². The SMILES string of the molecule is Cc1ccc(C2CCC(C(C)C3CCC(C)CC3)CC2)c(F)c1. The molecule has 23 heavy (non-hydrogen) atoms. The Morgan fingerprint density at radius 3 is 2.04 bits per heavy atom. The Labute approximate surface area is 141 Å². The second-order valence-corrected chi connectivity index (χ2v) is 8.52. The summed E-state index contributed by atoms with van der Waals surface area (Å²) in [4.78, 5) is 0. The average molecular weight is 317 g/mol. The largest absolute Gasteiger partial charge is 0.207 e. The molecule has 2 saturated carbocycles. The van der Waals surface area contributed by atoms with E-state index in [4.69, 9.17) is 0 Å². The predicted molar refractivity (Wildman–Crippen MR) is 96.1 cm³/mol. The van der Waals surface area contributed by atoms with Crippen molar-refractivity contribution >= 4 is 0 Å². The van der Waals surface area contributed by atoms with Crippen molar-refractivity contribution < 1.29 is 4.39 Å². The molecular formula is C22H33F. The maximum Gasteiger partial charge on any atom is 0.126 e. The van der Waals surface area contributed by atoms with Crippen LogP contribution >= 0.6 is 0 Å². The maximum absolute atomic E-state index is 14.2. The summed E-state index contributed by atoms with van der Waals surface area (Å²) < 4.78 is 14.2. The van der Waals surface area contributed by atoms with Crippen molar-refractivity contribution in [1.29, 1.82) is 0 Å². The molecule has 1 atom stereocenters. The Balaban J connectivity index is 1.55. The molecule has 0 heterocycles. The van der Waals surface area contributed by atoms with E-state index >= 15 is 0 Å². The van der Waals surface area contributed by atoms with Gasteiger partial charge in [-0.15, -0.1) is 0 Å². The first kappa shape index (κ1) is 17.0. The minimum Gasteiger partial charge on any atom is -0.207 e. The van der Waals surface area contributed by atoms with Gasteiger partial charge in [-0.3, -0.25) is 0 Å². The molecule has 0 radical (unpaired) electrons. The third kappa shape index (κ3) is 3.98. The van der Waals surface area contributed by atoms with Crippen LogP contribution in [0.5, 0.6) is 0 Å². The predicted octanol–water partition coefficient (Wildman–Crippen LogP) is 6.87. The zero-order chi connectivity index (χ0) is 16.4. The van der Waals surface area contributed by atoms with Crippen molar-refractivity contribution in [1.82, 2.24) is 0 Å². The van der Waals surface area contributed by atoms with E-state index in [1.807, 2.05) is 13.0 Å². The lowest BCUT2D eigenvalue weighted by Gasteiger charge is -2.39. The van der Waals surface area contributed by atoms with Crippen LogP contribution in [-0.4, -0.2) is 0 Å². The van der Waals surface area contributed by atoms with Gasteiger partial charge in [-0.2, -0.15) is 0 Å². The van der Waals surface area contributed by atoms with Crippen LogP contribution < -0.4 is 0 Å². The summed E-state index contributed by atoms with van der Waals surface area (Å²) in [6.45, 7) is 6.87. The molecule has 0 bridgehead atoms. The number of benzene rings is 1. The van der Waals surface area contributed by atoms with Crippen LogP contribution in [0.1, 0.15) is 82.3 Å². The van der Waals surface area contributed by atoms with Gasteiger partial charge >= 0.3 is 0 Å². The summed E-state index contributed by atoms with van der Waals surface area (Å²) in [7, 11) is 0. The van der Waals surface area contributed by atoms with E-state index in [1.54, 1.807) is 6.07 Å². The molecule has 3 rings (SSSR count). The smallest absolute Gasteiger partial charge is 0.126 e. The summed E-state index contributed by atoms with van der Waals surface area (Å²) in [6, 6.07) is 5.80. The first-order valence-electron chi connectivity index (χ1n) is 9.80. The molecule has 1 heteroatoms. The fraction of sp³-hybridized carbons (Fsp3) is 0.727. The third-order valence-electron chi connectivity index (χ3n) is 6.92. The third-order valence-corrected chi connectivity index (χ3v) is 6.92. The molecule has 1 aromatic carbocycles. The first-order valence-corrected chi connectivity index (χ1v) is 9.80. The summed E-state index contributed by atoms with van der Waals surface area (Å²) in [6.07, 6.45) is 10.7. The van der Waals surface area contributed by atoms with Gasteiger partial charge in [0.1, 0.15) is 5.82 Å². The number of aryl methyl sites for hydroxylation is 1. The van der Waals surface area contributed by atoms with E-state index in [2.05, 4.69) is 19.9 Å². The van der Waals surface area contributed by atoms with Gasteiger partial charge in [0.05, 0.1) is 0 Å². The zero-order valence-electron chi connectivity index (χ0n) is 15.2. The topological polar surface area (TPSA) is 0 Å². The van der Waals surface area contributed by atoms with Crippen LogP contribution in [0.3, 0.4) is 0 Å². The molecule has 0 nitrogen and oxygen atoms in total. The van der Waals surface area contributed by atoms with Crippen LogP contribution in [0.25, 0.3) is 0 Å².